The molecule has 2 aromatic carbocycles. The summed E-state index contributed by atoms with van der Waals surface area (Å²) in [6.07, 6.45) is 3.46. The Morgan fingerprint density at radius 1 is 1.05 bits per heavy atom. The van der Waals surface area contributed by atoms with Gasteiger partial charge in [0, 0.05) is 43.6 Å². The molecule has 214 valence electrons. The number of aliphatic hydroxyl groups is 1. The molecule has 10 nitrogen and oxygen atoms in total. The van der Waals surface area contributed by atoms with Gasteiger partial charge in [0.1, 0.15) is 0 Å². The van der Waals surface area contributed by atoms with E-state index in [1.165, 1.54) is 6.92 Å². The molecule has 0 bridgehead atoms. The Balaban J connectivity index is 1.68. The van der Waals surface area contributed by atoms with Crippen molar-refractivity contribution in [1.82, 2.24) is 4.57 Å². The molecular weight excluding hydrogens is 514 g/mol. The van der Waals surface area contributed by atoms with E-state index in [9.17, 15) is 9.59 Å². The number of carbonyl (C=O) groups is 2. The molecule has 3 atom stereocenters. The molecule has 0 unspecified atom stereocenters. The van der Waals surface area contributed by atoms with Gasteiger partial charge in [-0.2, -0.15) is 0 Å². The van der Waals surface area contributed by atoms with Gasteiger partial charge >= 0.3 is 0 Å². The normalized spacial score (nSPS) is 18.8. The maximum atomic E-state index is 13.4. The predicted octanol–water partition coefficient (Wildman–Crippen LogP) is 3.91. The number of ether oxygens (including phenoxy) is 4. The molecule has 3 aromatic rings. The third kappa shape index (κ3) is 6.89. The average molecular weight is 552 g/mol. The Morgan fingerprint density at radius 2 is 1.77 bits per heavy atom. The fourth-order valence-electron chi connectivity index (χ4n) is 4.93. The maximum Gasteiger partial charge on any atom is 0.290 e. The number of nitrogens with one attached hydrogen (secondary N) is 1. The van der Waals surface area contributed by atoms with Crippen LogP contribution in [-0.2, 0) is 23.7 Å². The first kappa shape index (κ1) is 29.3. The van der Waals surface area contributed by atoms with Gasteiger partial charge in [-0.15, -0.1) is 0 Å². The first-order valence-electron chi connectivity index (χ1n) is 13.5. The second kappa shape index (κ2) is 14.1. The Hall–Kier alpha value is -3.70. The molecule has 0 spiro atoms. The Labute approximate surface area is 233 Å². The zero-order chi connectivity index (χ0) is 28.5. The third-order valence-electron chi connectivity index (χ3n) is 6.79. The second-order valence-electron chi connectivity index (χ2n) is 9.43. The molecule has 10 heteroatoms. The number of para-hydroxylation sites is 3. The van der Waals surface area contributed by atoms with Gasteiger partial charge < -0.3 is 35.1 Å². The number of nitrogens with zero attached hydrogens (tertiary/aromatic N) is 1. The number of allylic oxidation sites excluding steroid dienone is 1. The van der Waals surface area contributed by atoms with Crippen LogP contribution in [0, 0.1) is 5.92 Å². The van der Waals surface area contributed by atoms with Crippen molar-refractivity contribution in [3.8, 4) is 0 Å². The zero-order valence-electron chi connectivity index (χ0n) is 22.9. The van der Waals surface area contributed by atoms with Crippen LogP contribution in [0.1, 0.15) is 36.5 Å². The van der Waals surface area contributed by atoms with Gasteiger partial charge in [0.2, 0.25) is 12.2 Å². The Morgan fingerprint density at radius 3 is 2.50 bits per heavy atom. The molecule has 4 rings (SSSR count). The molecule has 4 N–H and O–H groups in total. The SMILES string of the molecule is CCO[C@H]1OC(C(=O)Nc2ccccc2N)=C[C@@H](c2cn(C(C)=O)c3ccccc23)[C@@H]1CCOCCOCCO. The number of rotatable bonds is 13. The number of aliphatic hydroxyl groups excluding tert-OH is 1. The van der Waals surface area contributed by atoms with E-state index in [4.69, 9.17) is 29.8 Å². The lowest BCUT2D eigenvalue weighted by molar-refractivity contribution is -0.166. The van der Waals surface area contributed by atoms with Crippen molar-refractivity contribution in [3.05, 3.63) is 72.1 Å². The predicted molar refractivity (Wildman–Crippen MR) is 152 cm³/mol. The fraction of sp³-hybridized carbons (Fsp3) is 0.400. The minimum Gasteiger partial charge on any atom is -0.459 e. The van der Waals surface area contributed by atoms with E-state index in [0.717, 1.165) is 16.5 Å². The quantitative estimate of drug-likeness (QED) is 0.215. The van der Waals surface area contributed by atoms with Crippen LogP contribution in [0.25, 0.3) is 10.9 Å². The summed E-state index contributed by atoms with van der Waals surface area (Å²) in [5.41, 5.74) is 8.64. The summed E-state index contributed by atoms with van der Waals surface area (Å²) in [6.45, 7) is 5.14. The molecule has 0 radical (unpaired) electrons. The number of hydrogen-bond donors (Lipinski definition) is 3. The van der Waals surface area contributed by atoms with E-state index in [1.807, 2.05) is 37.4 Å². The highest BCUT2D eigenvalue weighted by molar-refractivity contribution is 6.04. The monoisotopic (exact) mass is 551 g/mol. The summed E-state index contributed by atoms with van der Waals surface area (Å²) in [7, 11) is 0. The van der Waals surface area contributed by atoms with Gasteiger partial charge in [-0.1, -0.05) is 30.3 Å². The molecular formula is C30H37N3O7. The number of fused-ring (bicyclic) bond motifs is 1. The van der Waals surface area contributed by atoms with E-state index in [0.29, 0.717) is 44.2 Å². The number of amides is 1. The van der Waals surface area contributed by atoms with Crippen molar-refractivity contribution in [2.75, 3.05) is 50.7 Å². The van der Waals surface area contributed by atoms with E-state index in [-0.39, 0.29) is 36.7 Å². The minimum absolute atomic E-state index is 0.0376. The molecule has 0 aliphatic carbocycles. The maximum absolute atomic E-state index is 13.4. The zero-order valence-corrected chi connectivity index (χ0v) is 22.9. The van der Waals surface area contributed by atoms with E-state index >= 15 is 0 Å². The summed E-state index contributed by atoms with van der Waals surface area (Å²) >= 11 is 0. The molecule has 1 aromatic heterocycles. The van der Waals surface area contributed by atoms with Gasteiger partial charge in [0.25, 0.3) is 5.91 Å². The van der Waals surface area contributed by atoms with Crippen molar-refractivity contribution in [2.24, 2.45) is 5.92 Å². The first-order valence-corrected chi connectivity index (χ1v) is 13.5. The number of anilines is 2. The number of nitrogens with two attached hydrogens (primary N) is 1. The summed E-state index contributed by atoms with van der Waals surface area (Å²) < 4.78 is 24.9. The van der Waals surface area contributed by atoms with Crippen LogP contribution in [0.15, 0.2) is 66.6 Å². The van der Waals surface area contributed by atoms with Crippen LogP contribution in [0.4, 0.5) is 11.4 Å². The van der Waals surface area contributed by atoms with Gasteiger partial charge in [-0.05, 0) is 43.2 Å². The standard InChI is InChI=1S/C30H37N3O7/c1-3-39-30-22(12-14-37-16-17-38-15-13-34)23(24-19-33(20(2)35)27-11-7-4-8-21(24)27)18-28(40-30)29(36)32-26-10-6-5-9-25(26)31/h4-11,18-19,22-23,30,34H,3,12-17,31H2,1-2H3,(H,32,36)/t22-,23+,30-/m0/s1. The topological polar surface area (TPSA) is 134 Å². The third-order valence-corrected chi connectivity index (χ3v) is 6.79. The Bertz CT molecular complexity index is 1340. The van der Waals surface area contributed by atoms with E-state index in [2.05, 4.69) is 5.32 Å². The number of nitrogen functional groups attached to an aromatic ring is 1. The van der Waals surface area contributed by atoms with Crippen LogP contribution in [0.5, 0.6) is 0 Å². The molecule has 1 aliphatic rings. The fourth-order valence-corrected chi connectivity index (χ4v) is 4.93. The molecule has 0 saturated carbocycles. The highest BCUT2D eigenvalue weighted by Gasteiger charge is 2.39. The highest BCUT2D eigenvalue weighted by atomic mass is 16.7. The van der Waals surface area contributed by atoms with Gasteiger partial charge in [-0.3, -0.25) is 14.2 Å². The van der Waals surface area contributed by atoms with Crippen molar-refractivity contribution in [3.63, 3.8) is 0 Å². The number of carbonyl (C=O) groups excluding carboxylic acids is 2. The van der Waals surface area contributed by atoms with E-state index < -0.39 is 12.2 Å². The van der Waals surface area contributed by atoms with Crippen molar-refractivity contribution < 1.29 is 33.6 Å². The van der Waals surface area contributed by atoms with Gasteiger partial charge in [-0.25, -0.2) is 0 Å². The first-order chi connectivity index (χ1) is 19.4. The summed E-state index contributed by atoms with van der Waals surface area (Å²) in [5.74, 6) is -0.985. The van der Waals surface area contributed by atoms with Crippen LogP contribution < -0.4 is 11.1 Å². The smallest absolute Gasteiger partial charge is 0.290 e. The Kier molecular flexibility index (Phi) is 10.3. The molecule has 0 fully saturated rings. The van der Waals surface area contributed by atoms with Crippen LogP contribution in [0.3, 0.4) is 0 Å². The average Bonchev–Trinajstić information content (AvgIpc) is 3.34. The van der Waals surface area contributed by atoms with Crippen LogP contribution in [0.2, 0.25) is 0 Å². The lowest BCUT2D eigenvalue weighted by Gasteiger charge is -2.36. The minimum atomic E-state index is -0.734. The van der Waals surface area contributed by atoms with E-state index in [1.54, 1.807) is 34.9 Å². The molecule has 40 heavy (non-hydrogen) atoms. The van der Waals surface area contributed by atoms with Crippen molar-refractivity contribution in [1.29, 1.82) is 0 Å². The second-order valence-corrected chi connectivity index (χ2v) is 9.43. The summed E-state index contributed by atoms with van der Waals surface area (Å²) in [4.78, 5) is 25.9. The van der Waals surface area contributed by atoms with Crippen molar-refractivity contribution >= 4 is 34.1 Å². The molecule has 2 heterocycles. The molecule has 1 aliphatic heterocycles. The molecule has 1 amide bonds. The van der Waals surface area contributed by atoms with Crippen LogP contribution in [-0.4, -0.2) is 67.4 Å². The molecule has 0 saturated heterocycles. The number of hydrogen-bond acceptors (Lipinski definition) is 8. The summed E-state index contributed by atoms with van der Waals surface area (Å²) in [5, 5.41) is 12.6. The largest absolute Gasteiger partial charge is 0.459 e. The van der Waals surface area contributed by atoms with Crippen molar-refractivity contribution in [2.45, 2.75) is 32.5 Å². The lowest BCUT2D eigenvalue weighted by atomic mass is 9.81. The number of aromatic nitrogens is 1. The van der Waals surface area contributed by atoms with Gasteiger partial charge in [0.05, 0.1) is 43.3 Å². The lowest BCUT2D eigenvalue weighted by Crippen LogP contribution is -2.38. The van der Waals surface area contributed by atoms with Crippen LogP contribution >= 0.6 is 0 Å². The van der Waals surface area contributed by atoms with Gasteiger partial charge in [0.15, 0.2) is 5.76 Å². The number of benzene rings is 2. The summed E-state index contributed by atoms with van der Waals surface area (Å²) in [6, 6.07) is 14.7. The highest BCUT2D eigenvalue weighted by Crippen LogP contribution is 2.42.